The van der Waals surface area contributed by atoms with Gasteiger partial charge in [0.25, 0.3) is 5.91 Å². The average Bonchev–Trinajstić information content (AvgIpc) is 2.98. The van der Waals surface area contributed by atoms with Crippen molar-refractivity contribution in [1.82, 2.24) is 14.7 Å². The van der Waals surface area contributed by atoms with Gasteiger partial charge in [-0.2, -0.15) is 0 Å². The molecule has 2 aromatic rings. The molecule has 1 saturated heterocycles. The van der Waals surface area contributed by atoms with Crippen LogP contribution < -0.4 is 0 Å². The van der Waals surface area contributed by atoms with Crippen LogP contribution in [0, 0.1) is 0 Å². The molecule has 1 heterocycles. The molecule has 0 spiro atoms. The Morgan fingerprint density at radius 2 is 1.66 bits per heavy atom. The van der Waals surface area contributed by atoms with E-state index in [1.165, 1.54) is 11.1 Å². The van der Waals surface area contributed by atoms with Gasteiger partial charge in [-0.05, 0) is 50.1 Å². The van der Waals surface area contributed by atoms with Crippen LogP contribution in [0.2, 0.25) is 0 Å². The third-order valence-corrected chi connectivity index (χ3v) is 5.85. The van der Waals surface area contributed by atoms with Crippen LogP contribution in [0.1, 0.15) is 48.7 Å². The van der Waals surface area contributed by atoms with Crippen LogP contribution in [0.25, 0.3) is 0 Å². The van der Waals surface area contributed by atoms with Gasteiger partial charge in [0.15, 0.2) is 0 Å². The number of nitrogens with zero attached hydrogens (tertiary/aromatic N) is 3. The summed E-state index contributed by atoms with van der Waals surface area (Å²) in [5, 5.41) is 0. The molecule has 29 heavy (non-hydrogen) atoms. The number of carbonyl (C=O) groups is 1. The highest BCUT2D eigenvalue weighted by molar-refractivity contribution is 5.94. The van der Waals surface area contributed by atoms with Gasteiger partial charge in [0.05, 0.1) is 0 Å². The van der Waals surface area contributed by atoms with Gasteiger partial charge in [0, 0.05) is 50.9 Å². The fourth-order valence-electron chi connectivity index (χ4n) is 4.00. The maximum atomic E-state index is 13.0. The van der Waals surface area contributed by atoms with E-state index >= 15 is 0 Å². The minimum absolute atomic E-state index is 0.161. The third-order valence-electron chi connectivity index (χ3n) is 5.85. The molecule has 0 aromatic heterocycles. The summed E-state index contributed by atoms with van der Waals surface area (Å²) >= 11 is 0. The number of hydrogen-bond donors (Lipinski definition) is 0. The van der Waals surface area contributed by atoms with Gasteiger partial charge in [-0.25, -0.2) is 0 Å². The van der Waals surface area contributed by atoms with Crippen LogP contribution in [0.3, 0.4) is 0 Å². The summed E-state index contributed by atoms with van der Waals surface area (Å²) in [7, 11) is 0. The summed E-state index contributed by atoms with van der Waals surface area (Å²) in [4.78, 5) is 19.9. The Balaban J connectivity index is 1.56. The molecule has 0 unspecified atom stereocenters. The van der Waals surface area contributed by atoms with E-state index in [4.69, 9.17) is 0 Å². The molecule has 3 rings (SSSR count). The van der Waals surface area contributed by atoms with Crippen molar-refractivity contribution in [3.8, 4) is 0 Å². The van der Waals surface area contributed by atoms with Crippen molar-refractivity contribution in [3.05, 3.63) is 71.3 Å². The lowest BCUT2D eigenvalue weighted by atomic mass is 10.1. The summed E-state index contributed by atoms with van der Waals surface area (Å²) in [5.74, 6) is 0.161. The second-order valence-corrected chi connectivity index (χ2v) is 8.26. The molecule has 4 nitrogen and oxygen atoms in total. The fourth-order valence-corrected chi connectivity index (χ4v) is 4.00. The predicted octanol–water partition coefficient (Wildman–Crippen LogP) is 4.27. The molecular formula is C25H35N3O. The second kappa shape index (κ2) is 10.6. The van der Waals surface area contributed by atoms with E-state index in [9.17, 15) is 4.79 Å². The predicted molar refractivity (Wildman–Crippen MR) is 120 cm³/mol. The van der Waals surface area contributed by atoms with Gasteiger partial charge in [0.2, 0.25) is 0 Å². The molecule has 1 fully saturated rings. The molecule has 1 aliphatic heterocycles. The van der Waals surface area contributed by atoms with Gasteiger partial charge < -0.3 is 4.90 Å². The first-order valence-corrected chi connectivity index (χ1v) is 11.0. The normalized spacial score (nSPS) is 15.7. The summed E-state index contributed by atoms with van der Waals surface area (Å²) in [6.07, 6.45) is 1.02. The number of carbonyl (C=O) groups excluding carboxylic acids is 1. The quantitative estimate of drug-likeness (QED) is 0.703. The second-order valence-electron chi connectivity index (χ2n) is 8.26. The Morgan fingerprint density at radius 3 is 2.31 bits per heavy atom. The monoisotopic (exact) mass is 393 g/mol. The highest BCUT2D eigenvalue weighted by atomic mass is 16.2. The Kier molecular flexibility index (Phi) is 7.84. The van der Waals surface area contributed by atoms with E-state index in [0.717, 1.165) is 57.8 Å². The van der Waals surface area contributed by atoms with Crippen molar-refractivity contribution in [2.24, 2.45) is 0 Å². The number of rotatable bonds is 7. The van der Waals surface area contributed by atoms with Gasteiger partial charge in [-0.15, -0.1) is 0 Å². The largest absolute Gasteiger partial charge is 0.337 e. The highest BCUT2D eigenvalue weighted by Crippen LogP contribution is 2.14. The van der Waals surface area contributed by atoms with Crippen LogP contribution in [0.15, 0.2) is 54.6 Å². The van der Waals surface area contributed by atoms with Crippen molar-refractivity contribution in [2.75, 3.05) is 32.7 Å². The standard InChI is InChI=1S/C25H35N3O/c1-4-27(21(2)3)20-23-11-13-24(14-12-23)25(29)28-16-8-15-26(17-18-28)19-22-9-6-5-7-10-22/h5-7,9-14,21H,4,8,15-20H2,1-3H3. The van der Waals surface area contributed by atoms with E-state index in [0.29, 0.717) is 6.04 Å². The first-order valence-electron chi connectivity index (χ1n) is 11.0. The summed E-state index contributed by atoms with van der Waals surface area (Å²) in [6.45, 7) is 13.2. The van der Waals surface area contributed by atoms with Crippen molar-refractivity contribution < 1.29 is 4.79 Å². The molecule has 1 amide bonds. The van der Waals surface area contributed by atoms with Gasteiger partial charge in [0.1, 0.15) is 0 Å². The topological polar surface area (TPSA) is 26.8 Å². The van der Waals surface area contributed by atoms with Crippen LogP contribution in [-0.4, -0.2) is 59.4 Å². The third kappa shape index (κ3) is 6.15. The molecule has 0 aliphatic carbocycles. The lowest BCUT2D eigenvalue weighted by Gasteiger charge is -2.25. The molecule has 0 atom stereocenters. The molecule has 0 saturated carbocycles. The van der Waals surface area contributed by atoms with Crippen molar-refractivity contribution in [2.45, 2.75) is 46.3 Å². The maximum Gasteiger partial charge on any atom is 0.253 e. The van der Waals surface area contributed by atoms with E-state index in [2.05, 4.69) is 73.0 Å². The molecule has 2 aromatic carbocycles. The Labute approximate surface area is 176 Å². The molecule has 0 bridgehead atoms. The van der Waals surface area contributed by atoms with E-state index in [1.54, 1.807) is 0 Å². The van der Waals surface area contributed by atoms with Gasteiger partial charge in [-0.1, -0.05) is 49.4 Å². The fraction of sp³-hybridized carbons (Fsp3) is 0.480. The smallest absolute Gasteiger partial charge is 0.253 e. The number of hydrogen-bond acceptors (Lipinski definition) is 3. The zero-order valence-electron chi connectivity index (χ0n) is 18.2. The molecule has 4 heteroatoms. The van der Waals surface area contributed by atoms with E-state index in [-0.39, 0.29) is 5.91 Å². The molecule has 0 radical (unpaired) electrons. The first kappa shape index (κ1) is 21.5. The van der Waals surface area contributed by atoms with E-state index in [1.807, 2.05) is 17.0 Å². The zero-order chi connectivity index (χ0) is 20.6. The van der Waals surface area contributed by atoms with Gasteiger partial charge >= 0.3 is 0 Å². The highest BCUT2D eigenvalue weighted by Gasteiger charge is 2.20. The lowest BCUT2D eigenvalue weighted by molar-refractivity contribution is 0.0761. The zero-order valence-corrected chi connectivity index (χ0v) is 18.2. The van der Waals surface area contributed by atoms with Crippen LogP contribution in [-0.2, 0) is 13.1 Å². The summed E-state index contributed by atoms with van der Waals surface area (Å²) in [6, 6.07) is 19.3. The molecule has 156 valence electrons. The van der Waals surface area contributed by atoms with E-state index < -0.39 is 0 Å². The summed E-state index contributed by atoms with van der Waals surface area (Å²) < 4.78 is 0. The van der Waals surface area contributed by atoms with Crippen molar-refractivity contribution >= 4 is 5.91 Å². The van der Waals surface area contributed by atoms with Crippen molar-refractivity contribution in [3.63, 3.8) is 0 Å². The minimum atomic E-state index is 0.161. The van der Waals surface area contributed by atoms with Crippen LogP contribution >= 0.6 is 0 Å². The van der Waals surface area contributed by atoms with Crippen LogP contribution in [0.5, 0.6) is 0 Å². The number of benzene rings is 2. The molecule has 0 N–H and O–H groups in total. The minimum Gasteiger partial charge on any atom is -0.337 e. The molecule has 1 aliphatic rings. The number of amides is 1. The lowest BCUT2D eigenvalue weighted by Crippen LogP contribution is -2.35. The Bertz CT molecular complexity index is 757. The first-order chi connectivity index (χ1) is 14.1. The maximum absolute atomic E-state index is 13.0. The molecular weight excluding hydrogens is 358 g/mol. The van der Waals surface area contributed by atoms with Gasteiger partial charge in [-0.3, -0.25) is 14.6 Å². The Morgan fingerprint density at radius 1 is 0.931 bits per heavy atom. The SMILES string of the molecule is CCN(Cc1ccc(C(=O)N2CCCN(Cc3ccccc3)CC2)cc1)C(C)C. The Hall–Kier alpha value is -2.17. The van der Waals surface area contributed by atoms with Crippen molar-refractivity contribution in [1.29, 1.82) is 0 Å². The average molecular weight is 394 g/mol. The summed E-state index contributed by atoms with van der Waals surface area (Å²) in [5.41, 5.74) is 3.41. The van der Waals surface area contributed by atoms with Crippen LogP contribution in [0.4, 0.5) is 0 Å².